The maximum Gasteiger partial charge on any atom is 0.309 e. The topological polar surface area (TPSA) is 29.5 Å². The number of hydrogen-bond acceptors (Lipinski definition) is 3. The van der Waals surface area contributed by atoms with E-state index in [4.69, 9.17) is 4.74 Å². The molecule has 0 amide bonds. The lowest BCUT2D eigenvalue weighted by atomic mass is 9.86. The van der Waals surface area contributed by atoms with Crippen LogP contribution >= 0.6 is 0 Å². The third kappa shape index (κ3) is 3.78. The average Bonchev–Trinajstić information content (AvgIpc) is 2.28. The summed E-state index contributed by atoms with van der Waals surface area (Å²) in [4.78, 5) is 13.7. The summed E-state index contributed by atoms with van der Waals surface area (Å²) in [7, 11) is 1.46. The Bertz CT molecular complexity index is 220. The van der Waals surface area contributed by atoms with Crippen LogP contribution in [0.1, 0.15) is 33.6 Å². The lowest BCUT2D eigenvalue weighted by Crippen LogP contribution is -2.39. The number of likely N-dealkylation sites (tertiary alicyclic amines) is 1. The molecule has 1 rings (SSSR count). The van der Waals surface area contributed by atoms with Crippen molar-refractivity contribution in [3.63, 3.8) is 0 Å². The fourth-order valence-electron chi connectivity index (χ4n) is 2.47. The Hall–Kier alpha value is -0.570. The van der Waals surface area contributed by atoms with E-state index in [9.17, 15) is 4.79 Å². The standard InChI is InChI=1S/C13H25NO2/c1-10(2)12-5-7-14(8-6-12)9-11(3)13(15)16-4/h10-12H,5-9H2,1-4H3. The van der Waals surface area contributed by atoms with Crippen molar-refractivity contribution in [2.24, 2.45) is 17.8 Å². The number of rotatable bonds is 4. The molecule has 94 valence electrons. The van der Waals surface area contributed by atoms with Crippen LogP contribution in [0.15, 0.2) is 0 Å². The first-order valence-corrected chi connectivity index (χ1v) is 6.34. The fraction of sp³-hybridized carbons (Fsp3) is 0.923. The van der Waals surface area contributed by atoms with Crippen LogP contribution in [0.3, 0.4) is 0 Å². The van der Waals surface area contributed by atoms with Crippen LogP contribution in [-0.2, 0) is 9.53 Å². The highest BCUT2D eigenvalue weighted by Gasteiger charge is 2.24. The Morgan fingerprint density at radius 2 is 1.88 bits per heavy atom. The number of nitrogens with zero attached hydrogens (tertiary/aromatic N) is 1. The van der Waals surface area contributed by atoms with Gasteiger partial charge in [-0.1, -0.05) is 20.8 Å². The van der Waals surface area contributed by atoms with E-state index in [1.165, 1.54) is 20.0 Å². The smallest absolute Gasteiger partial charge is 0.309 e. The van der Waals surface area contributed by atoms with Crippen molar-refractivity contribution in [1.29, 1.82) is 0 Å². The molecule has 1 atom stereocenters. The molecular weight excluding hydrogens is 202 g/mol. The summed E-state index contributed by atoms with van der Waals surface area (Å²) in [5.41, 5.74) is 0. The number of methoxy groups -OCH3 is 1. The number of hydrogen-bond donors (Lipinski definition) is 0. The fourth-order valence-corrected chi connectivity index (χ4v) is 2.47. The lowest BCUT2D eigenvalue weighted by molar-refractivity contribution is -0.145. The first kappa shape index (κ1) is 13.5. The van der Waals surface area contributed by atoms with E-state index in [2.05, 4.69) is 18.7 Å². The molecule has 1 aliphatic heterocycles. The largest absolute Gasteiger partial charge is 0.469 e. The molecule has 1 heterocycles. The maximum absolute atomic E-state index is 11.3. The van der Waals surface area contributed by atoms with Crippen LogP contribution < -0.4 is 0 Å². The van der Waals surface area contributed by atoms with Gasteiger partial charge in [0.25, 0.3) is 0 Å². The van der Waals surface area contributed by atoms with Crippen LogP contribution in [0.4, 0.5) is 0 Å². The minimum Gasteiger partial charge on any atom is -0.469 e. The number of carbonyl (C=O) groups excluding carboxylic acids is 1. The summed E-state index contributed by atoms with van der Waals surface area (Å²) in [6.45, 7) is 9.65. The summed E-state index contributed by atoms with van der Waals surface area (Å²) in [6, 6.07) is 0. The quantitative estimate of drug-likeness (QED) is 0.689. The average molecular weight is 227 g/mol. The van der Waals surface area contributed by atoms with Crippen molar-refractivity contribution in [2.75, 3.05) is 26.7 Å². The predicted octanol–water partition coefficient (Wildman–Crippen LogP) is 2.16. The molecule has 16 heavy (non-hydrogen) atoms. The van der Waals surface area contributed by atoms with Gasteiger partial charge >= 0.3 is 5.97 Å². The Labute approximate surface area is 99.1 Å². The van der Waals surface area contributed by atoms with Crippen LogP contribution in [0.2, 0.25) is 0 Å². The summed E-state index contributed by atoms with van der Waals surface area (Å²) >= 11 is 0. The second-order valence-corrected chi connectivity index (χ2v) is 5.31. The molecule has 3 heteroatoms. The Morgan fingerprint density at radius 3 is 2.31 bits per heavy atom. The SMILES string of the molecule is COC(=O)C(C)CN1CCC(C(C)C)CC1. The lowest BCUT2D eigenvalue weighted by Gasteiger charge is -2.34. The second-order valence-electron chi connectivity index (χ2n) is 5.31. The number of carbonyl (C=O) groups is 1. The molecule has 3 nitrogen and oxygen atoms in total. The molecule has 0 aromatic rings. The molecule has 0 aromatic heterocycles. The highest BCUT2D eigenvalue weighted by molar-refractivity contribution is 5.72. The molecule has 1 fully saturated rings. The number of esters is 1. The van der Waals surface area contributed by atoms with E-state index in [1.54, 1.807) is 0 Å². The highest BCUT2D eigenvalue weighted by atomic mass is 16.5. The van der Waals surface area contributed by atoms with Gasteiger partial charge < -0.3 is 9.64 Å². The summed E-state index contributed by atoms with van der Waals surface area (Å²) in [6.07, 6.45) is 2.54. The zero-order valence-corrected chi connectivity index (χ0v) is 11.0. The molecular formula is C13H25NO2. The maximum atomic E-state index is 11.3. The third-order valence-corrected chi connectivity index (χ3v) is 3.71. The molecule has 1 aliphatic rings. The van der Waals surface area contributed by atoms with E-state index in [1.807, 2.05) is 6.92 Å². The third-order valence-electron chi connectivity index (χ3n) is 3.71. The van der Waals surface area contributed by atoms with E-state index in [0.29, 0.717) is 0 Å². The molecule has 0 aliphatic carbocycles. The Balaban J connectivity index is 2.29. The Kier molecular flexibility index (Phi) is 5.26. The Morgan fingerprint density at radius 1 is 1.31 bits per heavy atom. The van der Waals surface area contributed by atoms with Gasteiger partial charge in [-0.15, -0.1) is 0 Å². The molecule has 0 bridgehead atoms. The summed E-state index contributed by atoms with van der Waals surface area (Å²) < 4.78 is 4.75. The number of ether oxygens (including phenoxy) is 1. The first-order chi connectivity index (χ1) is 7.54. The minimum absolute atomic E-state index is 0.000556. The summed E-state index contributed by atoms with van der Waals surface area (Å²) in [5, 5.41) is 0. The van der Waals surface area contributed by atoms with Gasteiger partial charge in [0.2, 0.25) is 0 Å². The molecule has 0 spiro atoms. The first-order valence-electron chi connectivity index (χ1n) is 6.34. The van der Waals surface area contributed by atoms with E-state index >= 15 is 0 Å². The second kappa shape index (κ2) is 6.24. The molecule has 0 radical (unpaired) electrons. The van der Waals surface area contributed by atoms with Crippen molar-refractivity contribution in [1.82, 2.24) is 4.90 Å². The van der Waals surface area contributed by atoms with E-state index in [0.717, 1.165) is 31.5 Å². The normalized spacial score (nSPS) is 21.1. The van der Waals surface area contributed by atoms with Crippen LogP contribution in [-0.4, -0.2) is 37.6 Å². The van der Waals surface area contributed by atoms with Crippen LogP contribution in [0.5, 0.6) is 0 Å². The highest BCUT2D eigenvalue weighted by Crippen LogP contribution is 2.24. The van der Waals surface area contributed by atoms with Crippen molar-refractivity contribution in [3.05, 3.63) is 0 Å². The van der Waals surface area contributed by atoms with E-state index in [-0.39, 0.29) is 11.9 Å². The molecule has 1 unspecified atom stereocenters. The van der Waals surface area contributed by atoms with Gasteiger partial charge in [-0.25, -0.2) is 0 Å². The zero-order valence-electron chi connectivity index (χ0n) is 11.0. The van der Waals surface area contributed by atoms with Crippen LogP contribution in [0.25, 0.3) is 0 Å². The van der Waals surface area contributed by atoms with Gasteiger partial charge in [0.1, 0.15) is 0 Å². The van der Waals surface area contributed by atoms with Crippen LogP contribution in [0, 0.1) is 17.8 Å². The predicted molar refractivity (Wildman–Crippen MR) is 65.2 cm³/mol. The van der Waals surface area contributed by atoms with Gasteiger partial charge in [-0.2, -0.15) is 0 Å². The zero-order chi connectivity index (χ0) is 12.1. The van der Waals surface area contributed by atoms with Crippen molar-refractivity contribution in [2.45, 2.75) is 33.6 Å². The van der Waals surface area contributed by atoms with E-state index < -0.39 is 0 Å². The minimum atomic E-state index is -0.0917. The summed E-state index contributed by atoms with van der Waals surface area (Å²) in [5.74, 6) is 1.57. The van der Waals surface area contributed by atoms with Crippen molar-refractivity contribution < 1.29 is 9.53 Å². The van der Waals surface area contributed by atoms with Gasteiger partial charge in [0.05, 0.1) is 13.0 Å². The molecule has 0 saturated carbocycles. The van der Waals surface area contributed by atoms with Crippen molar-refractivity contribution in [3.8, 4) is 0 Å². The van der Waals surface area contributed by atoms with Gasteiger partial charge in [0, 0.05) is 6.54 Å². The molecule has 1 saturated heterocycles. The van der Waals surface area contributed by atoms with Gasteiger partial charge in [-0.05, 0) is 37.8 Å². The van der Waals surface area contributed by atoms with Crippen molar-refractivity contribution >= 4 is 5.97 Å². The monoisotopic (exact) mass is 227 g/mol. The van der Waals surface area contributed by atoms with Gasteiger partial charge in [0.15, 0.2) is 0 Å². The molecule has 0 aromatic carbocycles. The molecule has 0 N–H and O–H groups in total. The van der Waals surface area contributed by atoms with Gasteiger partial charge in [-0.3, -0.25) is 4.79 Å². The number of piperidine rings is 1.